The summed E-state index contributed by atoms with van der Waals surface area (Å²) in [5, 5.41) is 2.37. The molecule has 4 aliphatic rings. The predicted octanol–water partition coefficient (Wildman–Crippen LogP) is 9.67. The molecule has 0 radical (unpaired) electrons. The van der Waals surface area contributed by atoms with E-state index in [0.29, 0.717) is 5.92 Å². The minimum Gasteiger partial charge on any atom is -0.455 e. The molecule has 1 heterocycles. The first kappa shape index (κ1) is 21.0. The molecule has 1 aromatic heterocycles. The van der Waals surface area contributed by atoms with Gasteiger partial charge >= 0.3 is 0 Å². The van der Waals surface area contributed by atoms with Crippen LogP contribution in [0.4, 0.5) is 0 Å². The van der Waals surface area contributed by atoms with Gasteiger partial charge < -0.3 is 4.42 Å². The van der Waals surface area contributed by atoms with Crippen LogP contribution < -0.4 is 0 Å². The summed E-state index contributed by atoms with van der Waals surface area (Å²) >= 11 is 0. The van der Waals surface area contributed by atoms with E-state index in [1.807, 2.05) is 6.07 Å². The average Bonchev–Trinajstić information content (AvgIpc) is 3.35. The molecule has 0 saturated carbocycles. The maximum absolute atomic E-state index is 6.32. The van der Waals surface area contributed by atoms with Gasteiger partial charge in [0, 0.05) is 22.3 Å². The Morgan fingerprint density at radius 3 is 2.73 bits per heavy atom. The number of allylic oxidation sites excluding steroid dienone is 11. The van der Waals surface area contributed by atoms with E-state index in [1.54, 1.807) is 11.1 Å². The first-order chi connectivity index (χ1) is 18.3. The van der Waals surface area contributed by atoms with Crippen LogP contribution in [-0.2, 0) is 6.42 Å². The minimum atomic E-state index is 0.527. The molecule has 178 valence electrons. The second-order valence-corrected chi connectivity index (χ2v) is 10.7. The number of para-hydroxylation sites is 2. The Labute approximate surface area is 217 Å². The lowest BCUT2D eigenvalue weighted by Crippen LogP contribution is -2.15. The summed E-state index contributed by atoms with van der Waals surface area (Å²) in [7, 11) is 0. The summed E-state index contributed by atoms with van der Waals surface area (Å²) in [6, 6.07) is 21.8. The Kier molecular flexibility index (Phi) is 4.67. The Bertz CT molecular complexity index is 1790. The van der Waals surface area contributed by atoms with Gasteiger partial charge in [-0.05, 0) is 82.7 Å². The molecule has 4 aliphatic carbocycles. The average molecular weight is 477 g/mol. The molecule has 1 heteroatoms. The van der Waals surface area contributed by atoms with Gasteiger partial charge in [0.05, 0.1) is 0 Å². The third-order valence-electron chi connectivity index (χ3n) is 8.63. The van der Waals surface area contributed by atoms with Crippen molar-refractivity contribution in [3.05, 3.63) is 136 Å². The molecule has 8 rings (SSSR count). The molecule has 0 N–H and O–H groups in total. The summed E-state index contributed by atoms with van der Waals surface area (Å²) in [6.07, 6.45) is 22.3. The van der Waals surface area contributed by atoms with Gasteiger partial charge in [0.1, 0.15) is 11.2 Å². The van der Waals surface area contributed by atoms with Crippen molar-refractivity contribution in [2.45, 2.75) is 32.1 Å². The third kappa shape index (κ3) is 3.38. The number of fused-ring (bicyclic) bond motifs is 6. The molecule has 1 nitrogen and oxygen atoms in total. The van der Waals surface area contributed by atoms with Gasteiger partial charge in [-0.25, -0.2) is 0 Å². The smallest absolute Gasteiger partial charge is 0.143 e. The summed E-state index contributed by atoms with van der Waals surface area (Å²) in [5.74, 6) is 0.527. The fourth-order valence-corrected chi connectivity index (χ4v) is 6.72. The van der Waals surface area contributed by atoms with E-state index >= 15 is 0 Å². The van der Waals surface area contributed by atoms with Crippen molar-refractivity contribution < 1.29 is 4.42 Å². The third-order valence-corrected chi connectivity index (χ3v) is 8.63. The standard InChI is InChI=1S/C36H28O/c1-2-7-30-23(6-1)12-16-28-21-27(18-19-31(28)30)24-13-14-26-22-29(17-15-25(26)20-24)32-9-5-10-34-33-8-3-4-11-35(33)37-36(32)34/h1,3-6,8-12,15-20,22,28H,2,7,13-14,21H2. The zero-order valence-corrected chi connectivity index (χ0v) is 20.8. The van der Waals surface area contributed by atoms with Crippen molar-refractivity contribution in [1.82, 2.24) is 0 Å². The van der Waals surface area contributed by atoms with Gasteiger partial charge in [-0.1, -0.05) is 97.1 Å². The zero-order chi connectivity index (χ0) is 24.3. The minimum absolute atomic E-state index is 0.527. The van der Waals surface area contributed by atoms with Gasteiger partial charge in [0.2, 0.25) is 0 Å². The topological polar surface area (TPSA) is 13.1 Å². The van der Waals surface area contributed by atoms with Crippen LogP contribution in [-0.4, -0.2) is 0 Å². The van der Waals surface area contributed by atoms with Crippen LogP contribution in [0.25, 0.3) is 39.1 Å². The molecule has 0 aliphatic heterocycles. The van der Waals surface area contributed by atoms with E-state index in [4.69, 9.17) is 4.42 Å². The van der Waals surface area contributed by atoms with Crippen LogP contribution >= 0.6 is 0 Å². The number of rotatable bonds is 2. The number of aryl methyl sites for hydroxylation is 1. The zero-order valence-electron chi connectivity index (χ0n) is 20.8. The largest absolute Gasteiger partial charge is 0.455 e. The number of furan rings is 1. The van der Waals surface area contributed by atoms with Crippen molar-refractivity contribution in [2.75, 3.05) is 0 Å². The van der Waals surface area contributed by atoms with Gasteiger partial charge in [-0.3, -0.25) is 0 Å². The lowest BCUT2D eigenvalue weighted by atomic mass is 9.73. The van der Waals surface area contributed by atoms with E-state index in [-0.39, 0.29) is 0 Å². The molecule has 0 fully saturated rings. The van der Waals surface area contributed by atoms with Crippen molar-refractivity contribution in [1.29, 1.82) is 0 Å². The quantitative estimate of drug-likeness (QED) is 0.281. The molecule has 1 unspecified atom stereocenters. The SMILES string of the molecule is C1=CC2=C(CC1)C1=CC=C(C3=Cc4ccc(-c5cccc6c5oc5ccccc56)cc4CC3)CC1C=C2. The van der Waals surface area contributed by atoms with Crippen LogP contribution in [0.2, 0.25) is 0 Å². The molecular formula is C36H28O. The fourth-order valence-electron chi connectivity index (χ4n) is 6.72. The molecule has 0 saturated heterocycles. The van der Waals surface area contributed by atoms with Crippen LogP contribution in [0.5, 0.6) is 0 Å². The number of hydrogen-bond donors (Lipinski definition) is 0. The highest BCUT2D eigenvalue weighted by atomic mass is 16.3. The van der Waals surface area contributed by atoms with Gasteiger partial charge in [0.25, 0.3) is 0 Å². The van der Waals surface area contributed by atoms with Crippen LogP contribution in [0.1, 0.15) is 36.8 Å². The maximum Gasteiger partial charge on any atom is 0.143 e. The van der Waals surface area contributed by atoms with E-state index in [9.17, 15) is 0 Å². The molecular weight excluding hydrogens is 448 g/mol. The maximum atomic E-state index is 6.32. The van der Waals surface area contributed by atoms with E-state index in [1.165, 1.54) is 62.6 Å². The van der Waals surface area contributed by atoms with E-state index < -0.39 is 0 Å². The molecule has 0 spiro atoms. The van der Waals surface area contributed by atoms with Crippen molar-refractivity contribution >= 4 is 28.0 Å². The monoisotopic (exact) mass is 476 g/mol. The summed E-state index contributed by atoms with van der Waals surface area (Å²) in [5.41, 5.74) is 14.7. The molecule has 0 amide bonds. The van der Waals surface area contributed by atoms with Gasteiger partial charge in [-0.15, -0.1) is 0 Å². The first-order valence-corrected chi connectivity index (χ1v) is 13.6. The molecule has 4 aromatic rings. The van der Waals surface area contributed by atoms with Crippen LogP contribution in [0.3, 0.4) is 0 Å². The second-order valence-electron chi connectivity index (χ2n) is 10.7. The predicted molar refractivity (Wildman–Crippen MR) is 154 cm³/mol. The highest BCUT2D eigenvalue weighted by Gasteiger charge is 2.27. The highest BCUT2D eigenvalue weighted by molar-refractivity contribution is 6.09. The Morgan fingerprint density at radius 1 is 0.784 bits per heavy atom. The van der Waals surface area contributed by atoms with Crippen LogP contribution in [0, 0.1) is 5.92 Å². The summed E-state index contributed by atoms with van der Waals surface area (Å²) < 4.78 is 6.32. The van der Waals surface area contributed by atoms with Crippen molar-refractivity contribution in [3.8, 4) is 11.1 Å². The second kappa shape index (κ2) is 8.21. The van der Waals surface area contributed by atoms with Gasteiger partial charge in [-0.2, -0.15) is 0 Å². The van der Waals surface area contributed by atoms with Crippen molar-refractivity contribution in [3.63, 3.8) is 0 Å². The van der Waals surface area contributed by atoms with Crippen molar-refractivity contribution in [2.24, 2.45) is 5.92 Å². The Hall–Kier alpha value is -4.10. The molecule has 1 atom stereocenters. The number of hydrogen-bond acceptors (Lipinski definition) is 1. The first-order valence-electron chi connectivity index (χ1n) is 13.6. The molecule has 37 heavy (non-hydrogen) atoms. The van der Waals surface area contributed by atoms with E-state index in [0.717, 1.165) is 30.4 Å². The summed E-state index contributed by atoms with van der Waals surface area (Å²) in [6.45, 7) is 0. The van der Waals surface area contributed by atoms with E-state index in [2.05, 4.69) is 97.1 Å². The fraction of sp³-hybridized carbons (Fsp3) is 0.167. The Balaban J connectivity index is 1.14. The lowest BCUT2D eigenvalue weighted by molar-refractivity contribution is 0.670. The van der Waals surface area contributed by atoms with Crippen LogP contribution in [0.15, 0.2) is 129 Å². The lowest BCUT2D eigenvalue weighted by Gasteiger charge is -2.31. The normalized spacial score (nSPS) is 20.3. The number of benzene rings is 3. The summed E-state index contributed by atoms with van der Waals surface area (Å²) in [4.78, 5) is 0. The molecule has 0 bridgehead atoms. The Morgan fingerprint density at radius 2 is 1.73 bits per heavy atom. The molecule has 3 aromatic carbocycles. The highest BCUT2D eigenvalue weighted by Crippen LogP contribution is 2.43. The van der Waals surface area contributed by atoms with Gasteiger partial charge in [0.15, 0.2) is 0 Å².